The summed E-state index contributed by atoms with van der Waals surface area (Å²) in [6.45, 7) is 1.94. The molecular weight excluding hydrogens is 194 g/mol. The molecule has 0 aromatic carbocycles. The van der Waals surface area contributed by atoms with Gasteiger partial charge in [0.1, 0.15) is 5.82 Å². The largest absolute Gasteiger partial charge is 0.383 e. The average molecular weight is 205 g/mol. The standard InChI is InChI=1S/C8H11N7/c1-2-3-4-5(9)13-8(11)15-6(4)14-7(10)12-3/h2H2,1H3,(H6,9,10,11,12,13,14,15). The Kier molecular flexibility index (Phi) is 2.00. The van der Waals surface area contributed by atoms with Crippen LogP contribution in [0.15, 0.2) is 0 Å². The monoisotopic (exact) mass is 205 g/mol. The summed E-state index contributed by atoms with van der Waals surface area (Å²) in [6, 6.07) is 0. The number of rotatable bonds is 1. The van der Waals surface area contributed by atoms with Crippen LogP contribution < -0.4 is 17.2 Å². The fourth-order valence-corrected chi connectivity index (χ4v) is 1.42. The summed E-state index contributed by atoms with van der Waals surface area (Å²) in [4.78, 5) is 15.9. The van der Waals surface area contributed by atoms with Crippen LogP contribution in [-0.4, -0.2) is 19.9 Å². The van der Waals surface area contributed by atoms with Crippen LogP contribution in [0, 0.1) is 0 Å². The first kappa shape index (κ1) is 9.38. The van der Waals surface area contributed by atoms with Crippen molar-refractivity contribution in [1.29, 1.82) is 0 Å². The summed E-state index contributed by atoms with van der Waals surface area (Å²) >= 11 is 0. The van der Waals surface area contributed by atoms with Crippen LogP contribution in [0.3, 0.4) is 0 Å². The van der Waals surface area contributed by atoms with Crippen molar-refractivity contribution in [3.8, 4) is 0 Å². The van der Waals surface area contributed by atoms with Crippen molar-refractivity contribution >= 4 is 28.7 Å². The molecule has 78 valence electrons. The summed E-state index contributed by atoms with van der Waals surface area (Å²) in [5, 5.41) is 0.626. The van der Waals surface area contributed by atoms with Gasteiger partial charge in [0.2, 0.25) is 11.9 Å². The van der Waals surface area contributed by atoms with Crippen molar-refractivity contribution in [1.82, 2.24) is 19.9 Å². The van der Waals surface area contributed by atoms with Gasteiger partial charge in [-0.15, -0.1) is 0 Å². The lowest BCUT2D eigenvalue weighted by atomic mass is 10.2. The summed E-state index contributed by atoms with van der Waals surface area (Å²) in [5.41, 5.74) is 17.9. The molecule has 0 saturated carbocycles. The Morgan fingerprint density at radius 1 is 0.933 bits per heavy atom. The third-order valence-electron chi connectivity index (χ3n) is 2.03. The molecule has 0 atom stereocenters. The van der Waals surface area contributed by atoms with E-state index in [0.717, 1.165) is 5.69 Å². The topological polar surface area (TPSA) is 130 Å². The van der Waals surface area contributed by atoms with E-state index in [0.29, 0.717) is 17.5 Å². The number of aromatic nitrogens is 4. The highest BCUT2D eigenvalue weighted by molar-refractivity contribution is 5.88. The molecule has 7 nitrogen and oxygen atoms in total. The number of aryl methyl sites for hydroxylation is 1. The molecule has 0 fully saturated rings. The van der Waals surface area contributed by atoms with Crippen LogP contribution in [0.25, 0.3) is 11.0 Å². The van der Waals surface area contributed by atoms with Gasteiger partial charge in [-0.3, -0.25) is 0 Å². The summed E-state index contributed by atoms with van der Waals surface area (Å²) in [5.74, 6) is 0.534. The normalized spacial score (nSPS) is 10.7. The van der Waals surface area contributed by atoms with Gasteiger partial charge in [0.25, 0.3) is 0 Å². The lowest BCUT2D eigenvalue weighted by Crippen LogP contribution is -2.07. The molecule has 15 heavy (non-hydrogen) atoms. The fraction of sp³-hybridized carbons (Fsp3) is 0.250. The molecule has 0 bridgehead atoms. The maximum Gasteiger partial charge on any atom is 0.224 e. The molecule has 0 saturated heterocycles. The van der Waals surface area contributed by atoms with Crippen molar-refractivity contribution in [2.75, 3.05) is 17.2 Å². The van der Waals surface area contributed by atoms with Crippen LogP contribution in [0.2, 0.25) is 0 Å². The van der Waals surface area contributed by atoms with E-state index in [1.54, 1.807) is 0 Å². The van der Waals surface area contributed by atoms with Crippen molar-refractivity contribution in [3.05, 3.63) is 5.69 Å². The number of nitrogen functional groups attached to an aromatic ring is 3. The van der Waals surface area contributed by atoms with E-state index >= 15 is 0 Å². The molecule has 7 heteroatoms. The van der Waals surface area contributed by atoms with Crippen molar-refractivity contribution in [3.63, 3.8) is 0 Å². The molecule has 0 radical (unpaired) electrons. The molecule has 0 spiro atoms. The van der Waals surface area contributed by atoms with E-state index in [9.17, 15) is 0 Å². The molecule has 0 aliphatic heterocycles. The minimum atomic E-state index is 0.0835. The molecule has 0 aliphatic rings. The number of fused-ring (bicyclic) bond motifs is 1. The fourth-order valence-electron chi connectivity index (χ4n) is 1.42. The van der Waals surface area contributed by atoms with Crippen molar-refractivity contribution in [2.24, 2.45) is 0 Å². The van der Waals surface area contributed by atoms with Gasteiger partial charge in [0, 0.05) is 0 Å². The first-order chi connectivity index (χ1) is 7.11. The van der Waals surface area contributed by atoms with Gasteiger partial charge < -0.3 is 17.2 Å². The summed E-state index contributed by atoms with van der Waals surface area (Å²) in [7, 11) is 0. The smallest absolute Gasteiger partial charge is 0.224 e. The van der Waals surface area contributed by atoms with Crippen LogP contribution in [0.5, 0.6) is 0 Å². The van der Waals surface area contributed by atoms with Gasteiger partial charge in [0.05, 0.1) is 11.1 Å². The Morgan fingerprint density at radius 3 is 2.13 bits per heavy atom. The minimum Gasteiger partial charge on any atom is -0.383 e. The first-order valence-corrected chi connectivity index (χ1v) is 4.47. The van der Waals surface area contributed by atoms with Gasteiger partial charge in [-0.2, -0.15) is 15.0 Å². The molecule has 0 amide bonds. The second-order valence-corrected chi connectivity index (χ2v) is 3.05. The third-order valence-corrected chi connectivity index (χ3v) is 2.03. The Hall–Kier alpha value is -2.18. The highest BCUT2D eigenvalue weighted by Gasteiger charge is 2.11. The first-order valence-electron chi connectivity index (χ1n) is 4.47. The van der Waals surface area contributed by atoms with Gasteiger partial charge in [0.15, 0.2) is 5.65 Å². The second kappa shape index (κ2) is 3.19. The lowest BCUT2D eigenvalue weighted by Gasteiger charge is -2.06. The summed E-state index contributed by atoms with van der Waals surface area (Å²) in [6.07, 6.45) is 0.681. The number of nitrogens with two attached hydrogens (primary N) is 3. The maximum atomic E-state index is 5.73. The van der Waals surface area contributed by atoms with E-state index in [2.05, 4.69) is 19.9 Å². The van der Waals surface area contributed by atoms with Crippen molar-refractivity contribution < 1.29 is 0 Å². The Bertz CT molecular complexity index is 517. The van der Waals surface area contributed by atoms with Gasteiger partial charge in [-0.25, -0.2) is 4.98 Å². The Morgan fingerprint density at radius 2 is 1.53 bits per heavy atom. The van der Waals surface area contributed by atoms with Crippen LogP contribution in [-0.2, 0) is 6.42 Å². The molecule has 2 rings (SSSR count). The minimum absolute atomic E-state index is 0.0835. The van der Waals surface area contributed by atoms with Gasteiger partial charge in [-0.1, -0.05) is 6.92 Å². The van der Waals surface area contributed by atoms with Crippen LogP contribution in [0.1, 0.15) is 12.6 Å². The molecule has 6 N–H and O–H groups in total. The zero-order chi connectivity index (χ0) is 11.0. The number of hydrogen-bond acceptors (Lipinski definition) is 7. The van der Waals surface area contributed by atoms with Crippen LogP contribution >= 0.6 is 0 Å². The van der Waals surface area contributed by atoms with Gasteiger partial charge in [-0.05, 0) is 6.42 Å². The van der Waals surface area contributed by atoms with Gasteiger partial charge >= 0.3 is 0 Å². The van der Waals surface area contributed by atoms with Crippen LogP contribution in [0.4, 0.5) is 17.7 Å². The van der Waals surface area contributed by atoms with E-state index in [-0.39, 0.29) is 17.7 Å². The zero-order valence-electron chi connectivity index (χ0n) is 8.23. The SMILES string of the molecule is CCc1nc(N)nc2nc(N)nc(N)c12. The molecule has 2 aromatic rings. The molecular formula is C8H11N7. The summed E-state index contributed by atoms with van der Waals surface area (Å²) < 4.78 is 0. The quantitative estimate of drug-likeness (QED) is 0.584. The predicted octanol–water partition coefficient (Wildman–Crippen LogP) is -0.271. The van der Waals surface area contributed by atoms with E-state index in [1.165, 1.54) is 0 Å². The number of nitrogens with zero attached hydrogens (tertiary/aromatic N) is 4. The molecule has 2 aromatic heterocycles. The third kappa shape index (κ3) is 1.47. The zero-order valence-corrected chi connectivity index (χ0v) is 8.23. The maximum absolute atomic E-state index is 5.73. The molecule has 2 heterocycles. The molecule has 0 aliphatic carbocycles. The Balaban J connectivity index is 2.90. The Labute approximate surface area is 85.7 Å². The second-order valence-electron chi connectivity index (χ2n) is 3.05. The lowest BCUT2D eigenvalue weighted by molar-refractivity contribution is 1.03. The van der Waals surface area contributed by atoms with E-state index in [4.69, 9.17) is 17.2 Å². The van der Waals surface area contributed by atoms with Crippen molar-refractivity contribution in [2.45, 2.75) is 13.3 Å². The predicted molar refractivity (Wildman–Crippen MR) is 57.7 cm³/mol. The average Bonchev–Trinajstić information content (AvgIpc) is 2.14. The highest BCUT2D eigenvalue weighted by atomic mass is 15.1. The van der Waals surface area contributed by atoms with E-state index < -0.39 is 0 Å². The number of anilines is 3. The molecule has 0 unspecified atom stereocenters. The number of hydrogen-bond donors (Lipinski definition) is 3. The van der Waals surface area contributed by atoms with E-state index in [1.807, 2.05) is 6.92 Å². The highest BCUT2D eigenvalue weighted by Crippen LogP contribution is 2.21.